The number of hydrogen-bond acceptors (Lipinski definition) is 6. The van der Waals surface area contributed by atoms with Gasteiger partial charge in [-0.2, -0.15) is 5.11 Å². The van der Waals surface area contributed by atoms with Crippen LogP contribution in [-0.4, -0.2) is 10.1 Å². The first-order valence-corrected chi connectivity index (χ1v) is 10.8. The van der Waals surface area contributed by atoms with Crippen LogP contribution in [0.4, 0.5) is 10.1 Å². The Hall–Kier alpha value is -3.24. The van der Waals surface area contributed by atoms with Gasteiger partial charge in [0.1, 0.15) is 17.2 Å². The van der Waals surface area contributed by atoms with Gasteiger partial charge in [-0.25, -0.2) is 14.9 Å². The summed E-state index contributed by atoms with van der Waals surface area (Å²) in [4.78, 5) is 4.58. The van der Waals surface area contributed by atoms with E-state index in [2.05, 4.69) is 38.0 Å². The van der Waals surface area contributed by atoms with Crippen LogP contribution in [0.5, 0.6) is 17.2 Å². The highest BCUT2D eigenvalue weighted by molar-refractivity contribution is 14.1. The number of benzene rings is 3. The topological polar surface area (TPSA) is 90.6 Å². The summed E-state index contributed by atoms with van der Waals surface area (Å²) < 4.78 is 20.5. The SMILES string of the molecule is N=N/C(=C\Nc1ccc(O)c(F)c1)c1ccc2c(Oc3cc(Cl)cc(I)c3)cccc2n1. The minimum atomic E-state index is -0.751. The Balaban J connectivity index is 1.63. The molecule has 0 aliphatic carbocycles. The van der Waals surface area contributed by atoms with E-state index >= 15 is 0 Å². The molecule has 1 heterocycles. The van der Waals surface area contributed by atoms with E-state index in [0.717, 1.165) is 15.0 Å². The average Bonchev–Trinajstić information content (AvgIpc) is 2.76. The Kier molecular flexibility index (Phi) is 6.52. The molecule has 160 valence electrons. The van der Waals surface area contributed by atoms with E-state index in [1.165, 1.54) is 18.3 Å². The number of fused-ring (bicyclic) bond motifs is 1. The van der Waals surface area contributed by atoms with E-state index in [0.29, 0.717) is 33.4 Å². The van der Waals surface area contributed by atoms with Crippen LogP contribution in [-0.2, 0) is 0 Å². The molecular weight excluding hydrogens is 546 g/mol. The van der Waals surface area contributed by atoms with Crippen LogP contribution in [0.15, 0.2) is 78.0 Å². The number of nitrogens with zero attached hydrogens (tertiary/aromatic N) is 2. The van der Waals surface area contributed by atoms with Crippen LogP contribution in [0.3, 0.4) is 0 Å². The fraction of sp³-hybridized carbons (Fsp3) is 0. The molecule has 0 unspecified atom stereocenters. The number of aromatic hydroxyl groups is 1. The van der Waals surface area contributed by atoms with E-state index in [1.54, 1.807) is 12.1 Å². The van der Waals surface area contributed by atoms with E-state index in [-0.39, 0.29) is 5.70 Å². The Bertz CT molecular complexity index is 1340. The smallest absolute Gasteiger partial charge is 0.166 e. The second-order valence-electron chi connectivity index (χ2n) is 6.68. The van der Waals surface area contributed by atoms with Crippen molar-refractivity contribution in [2.45, 2.75) is 0 Å². The van der Waals surface area contributed by atoms with E-state index in [1.807, 2.05) is 36.4 Å². The second kappa shape index (κ2) is 9.49. The summed E-state index contributed by atoms with van der Waals surface area (Å²) in [6, 6.07) is 18.4. The van der Waals surface area contributed by atoms with Crippen molar-refractivity contribution in [3.63, 3.8) is 0 Å². The lowest BCUT2D eigenvalue weighted by atomic mass is 10.1. The van der Waals surface area contributed by atoms with Crippen molar-refractivity contribution in [3.8, 4) is 17.2 Å². The molecule has 1 aromatic heterocycles. The number of hydrogen-bond donors (Lipinski definition) is 3. The van der Waals surface area contributed by atoms with Gasteiger partial charge in [0.25, 0.3) is 0 Å². The summed E-state index contributed by atoms with van der Waals surface area (Å²) in [7, 11) is 0. The standard InChI is InChI=1S/C23H15ClFIN4O2/c24-13-8-14(26)10-16(9-13)32-23-3-1-2-19-17(23)5-6-20(29-19)21(30-27)12-28-15-4-7-22(31)18(25)11-15/h1-12,27-28,31H/b21-12-,30-27?. The van der Waals surface area contributed by atoms with Crippen LogP contribution in [0.25, 0.3) is 16.6 Å². The predicted octanol–water partition coefficient (Wildman–Crippen LogP) is 7.57. The first kappa shape index (κ1) is 22.0. The van der Waals surface area contributed by atoms with Gasteiger partial charge in [-0.1, -0.05) is 17.7 Å². The van der Waals surface area contributed by atoms with Gasteiger partial charge < -0.3 is 15.2 Å². The molecule has 0 radical (unpaired) electrons. The summed E-state index contributed by atoms with van der Waals surface area (Å²) in [5, 5.41) is 17.0. The van der Waals surface area contributed by atoms with Crippen LogP contribution in [0, 0.1) is 14.9 Å². The molecule has 0 aliphatic rings. The van der Waals surface area contributed by atoms with Crippen molar-refractivity contribution in [2.24, 2.45) is 5.11 Å². The number of rotatable bonds is 6. The first-order valence-electron chi connectivity index (χ1n) is 9.30. The molecule has 0 bridgehead atoms. The fourth-order valence-corrected chi connectivity index (χ4v) is 4.04. The maximum absolute atomic E-state index is 13.5. The molecule has 0 atom stereocenters. The highest BCUT2D eigenvalue weighted by atomic mass is 127. The molecule has 3 N–H and O–H groups in total. The number of aromatic nitrogens is 1. The predicted molar refractivity (Wildman–Crippen MR) is 131 cm³/mol. The molecular formula is C23H15ClFIN4O2. The minimum absolute atomic E-state index is 0.246. The average molecular weight is 561 g/mol. The van der Waals surface area contributed by atoms with Crippen molar-refractivity contribution in [1.82, 2.24) is 4.98 Å². The zero-order valence-corrected chi connectivity index (χ0v) is 19.2. The molecule has 32 heavy (non-hydrogen) atoms. The number of ether oxygens (including phenoxy) is 1. The van der Waals surface area contributed by atoms with Crippen molar-refractivity contribution < 1.29 is 14.2 Å². The molecule has 4 rings (SSSR count). The van der Waals surface area contributed by atoms with Crippen molar-refractivity contribution in [3.05, 3.63) is 93.0 Å². The van der Waals surface area contributed by atoms with Crippen LogP contribution >= 0.6 is 34.2 Å². The normalized spacial score (nSPS) is 11.4. The summed E-state index contributed by atoms with van der Waals surface area (Å²) in [6.45, 7) is 0. The Labute approximate surface area is 201 Å². The first-order chi connectivity index (χ1) is 15.4. The van der Waals surface area contributed by atoms with Crippen LogP contribution in [0.1, 0.15) is 5.69 Å². The fourth-order valence-electron chi connectivity index (χ4n) is 2.98. The highest BCUT2D eigenvalue weighted by Gasteiger charge is 2.10. The number of phenolic OH excluding ortho intramolecular Hbond substituents is 1. The van der Waals surface area contributed by atoms with Crippen molar-refractivity contribution in [2.75, 3.05) is 5.32 Å². The van der Waals surface area contributed by atoms with Gasteiger partial charge in [-0.15, -0.1) is 0 Å². The number of anilines is 1. The molecule has 0 fully saturated rings. The largest absolute Gasteiger partial charge is 0.505 e. The number of pyridine rings is 1. The van der Waals surface area contributed by atoms with Gasteiger partial charge >= 0.3 is 0 Å². The van der Waals surface area contributed by atoms with E-state index in [9.17, 15) is 9.50 Å². The maximum atomic E-state index is 13.5. The molecule has 0 amide bonds. The lowest BCUT2D eigenvalue weighted by molar-refractivity contribution is 0.432. The zero-order chi connectivity index (χ0) is 22.7. The summed E-state index contributed by atoms with van der Waals surface area (Å²) in [5.74, 6) is 0.0429. The van der Waals surface area contributed by atoms with Gasteiger partial charge in [0.05, 0.1) is 11.2 Å². The quantitative estimate of drug-likeness (QED) is 0.129. The highest BCUT2D eigenvalue weighted by Crippen LogP contribution is 2.32. The monoisotopic (exact) mass is 560 g/mol. The molecule has 0 saturated heterocycles. The summed E-state index contributed by atoms with van der Waals surface area (Å²) >= 11 is 8.30. The van der Waals surface area contributed by atoms with Gasteiger partial charge in [0, 0.05) is 31.9 Å². The molecule has 6 nitrogen and oxygen atoms in total. The minimum Gasteiger partial charge on any atom is -0.505 e. The number of halogens is 3. The summed E-state index contributed by atoms with van der Waals surface area (Å²) in [5.41, 5.74) is 9.25. The summed E-state index contributed by atoms with van der Waals surface area (Å²) in [6.07, 6.45) is 1.45. The van der Waals surface area contributed by atoms with E-state index < -0.39 is 11.6 Å². The Morgan fingerprint density at radius 3 is 2.75 bits per heavy atom. The molecule has 9 heteroatoms. The van der Waals surface area contributed by atoms with Gasteiger partial charge in [0.2, 0.25) is 0 Å². The Morgan fingerprint density at radius 2 is 2.00 bits per heavy atom. The van der Waals surface area contributed by atoms with Crippen LogP contribution < -0.4 is 10.1 Å². The Morgan fingerprint density at radius 1 is 1.16 bits per heavy atom. The molecule has 3 aromatic carbocycles. The van der Waals surface area contributed by atoms with Gasteiger partial charge in [0.15, 0.2) is 11.6 Å². The molecule has 0 aliphatic heterocycles. The maximum Gasteiger partial charge on any atom is 0.166 e. The number of nitrogens with one attached hydrogen (secondary N) is 2. The lowest BCUT2D eigenvalue weighted by Gasteiger charge is -2.10. The molecule has 0 saturated carbocycles. The third kappa shape index (κ3) is 4.97. The van der Waals surface area contributed by atoms with Gasteiger partial charge in [-0.05, 0) is 77.2 Å². The zero-order valence-electron chi connectivity index (χ0n) is 16.3. The third-order valence-corrected chi connectivity index (χ3v) is 5.30. The van der Waals surface area contributed by atoms with E-state index in [4.69, 9.17) is 21.9 Å². The third-order valence-electron chi connectivity index (χ3n) is 4.46. The van der Waals surface area contributed by atoms with Gasteiger partial charge in [-0.3, -0.25) is 0 Å². The molecule has 0 spiro atoms. The molecule has 4 aromatic rings. The number of phenols is 1. The second-order valence-corrected chi connectivity index (χ2v) is 8.36. The van der Waals surface area contributed by atoms with Crippen molar-refractivity contribution >= 4 is 56.5 Å². The van der Waals surface area contributed by atoms with Crippen LogP contribution in [0.2, 0.25) is 5.02 Å². The van der Waals surface area contributed by atoms with Crippen molar-refractivity contribution in [1.29, 1.82) is 5.53 Å². The lowest BCUT2D eigenvalue weighted by Crippen LogP contribution is -1.95.